The molecule has 0 saturated heterocycles. The number of hydrogen-bond acceptors (Lipinski definition) is 5. The van der Waals surface area contributed by atoms with Gasteiger partial charge in [0.2, 0.25) is 5.69 Å². The molecule has 0 amide bonds. The maximum Gasteiger partial charge on any atom is 0.251 e. The second-order valence-corrected chi connectivity index (χ2v) is 3.28. The minimum atomic E-state index is 0.224. The molecule has 0 radical (unpaired) electrons. The molecule has 0 atom stereocenters. The molecule has 0 aromatic carbocycles. The Bertz CT molecular complexity index is 346. The van der Waals surface area contributed by atoms with Gasteiger partial charge in [0.15, 0.2) is 0 Å². The van der Waals surface area contributed by atoms with Gasteiger partial charge in [-0.15, -0.1) is 0 Å². The quantitative estimate of drug-likeness (QED) is 0.719. The second-order valence-electron chi connectivity index (χ2n) is 3.28. The smallest absolute Gasteiger partial charge is 0.251 e. The lowest BCUT2D eigenvalue weighted by Gasteiger charge is -2.09. The standard InChI is InChI=1S/C10H14N4O/c1-8(2)12-5-6-15-10-9(7-11)13-3-4-14-10/h3-4,8,12H,5-6H2,1-2H3. The third kappa shape index (κ3) is 3.92. The minimum Gasteiger partial charge on any atom is -0.474 e. The predicted molar refractivity (Wildman–Crippen MR) is 55.4 cm³/mol. The van der Waals surface area contributed by atoms with Crippen molar-refractivity contribution in [2.75, 3.05) is 13.2 Å². The van der Waals surface area contributed by atoms with E-state index in [1.165, 1.54) is 12.4 Å². The Morgan fingerprint density at radius 2 is 2.20 bits per heavy atom. The summed E-state index contributed by atoms with van der Waals surface area (Å²) < 4.78 is 5.32. The molecule has 15 heavy (non-hydrogen) atoms. The Labute approximate surface area is 89.1 Å². The molecule has 5 nitrogen and oxygen atoms in total. The van der Waals surface area contributed by atoms with Crippen LogP contribution in [0.5, 0.6) is 5.88 Å². The number of nitriles is 1. The molecule has 0 aliphatic rings. The lowest BCUT2D eigenvalue weighted by atomic mass is 10.4. The van der Waals surface area contributed by atoms with Crippen molar-refractivity contribution in [3.63, 3.8) is 0 Å². The van der Waals surface area contributed by atoms with Gasteiger partial charge in [-0.25, -0.2) is 9.97 Å². The molecule has 0 bridgehead atoms. The first kappa shape index (κ1) is 11.4. The van der Waals surface area contributed by atoms with Crippen molar-refractivity contribution in [3.8, 4) is 11.9 Å². The zero-order chi connectivity index (χ0) is 11.1. The summed E-state index contributed by atoms with van der Waals surface area (Å²) in [7, 11) is 0. The fourth-order valence-corrected chi connectivity index (χ4v) is 1.00. The van der Waals surface area contributed by atoms with Crippen molar-refractivity contribution < 1.29 is 4.74 Å². The zero-order valence-electron chi connectivity index (χ0n) is 8.90. The highest BCUT2D eigenvalue weighted by Gasteiger charge is 2.04. The van der Waals surface area contributed by atoms with Gasteiger partial charge in [-0.3, -0.25) is 0 Å². The fraction of sp³-hybridized carbons (Fsp3) is 0.500. The summed E-state index contributed by atoms with van der Waals surface area (Å²) in [6, 6.07) is 2.35. The molecular weight excluding hydrogens is 192 g/mol. The Balaban J connectivity index is 2.41. The lowest BCUT2D eigenvalue weighted by molar-refractivity contribution is 0.295. The normalized spacial score (nSPS) is 10.0. The zero-order valence-corrected chi connectivity index (χ0v) is 8.90. The molecule has 80 valence electrons. The average molecular weight is 206 g/mol. The molecule has 1 heterocycles. The average Bonchev–Trinajstić information content (AvgIpc) is 2.24. The third-order valence-corrected chi connectivity index (χ3v) is 1.66. The highest BCUT2D eigenvalue weighted by molar-refractivity contribution is 5.29. The first-order valence-electron chi connectivity index (χ1n) is 4.81. The van der Waals surface area contributed by atoms with E-state index in [-0.39, 0.29) is 5.69 Å². The first-order chi connectivity index (χ1) is 7.24. The van der Waals surface area contributed by atoms with Crippen LogP contribution in [-0.2, 0) is 0 Å². The van der Waals surface area contributed by atoms with Crippen LogP contribution in [0.1, 0.15) is 19.5 Å². The maximum atomic E-state index is 8.72. The van der Waals surface area contributed by atoms with Gasteiger partial charge in [-0.1, -0.05) is 13.8 Å². The van der Waals surface area contributed by atoms with Crippen LogP contribution in [0.15, 0.2) is 12.4 Å². The number of nitrogens with zero attached hydrogens (tertiary/aromatic N) is 3. The minimum absolute atomic E-state index is 0.224. The number of nitrogens with one attached hydrogen (secondary N) is 1. The molecule has 1 aromatic rings. The molecule has 5 heteroatoms. The summed E-state index contributed by atoms with van der Waals surface area (Å²) in [5, 5.41) is 11.9. The van der Waals surface area contributed by atoms with Crippen LogP contribution in [0.4, 0.5) is 0 Å². The van der Waals surface area contributed by atoms with Gasteiger partial charge in [0.1, 0.15) is 12.7 Å². The number of ether oxygens (including phenoxy) is 1. The van der Waals surface area contributed by atoms with E-state index in [1.54, 1.807) is 0 Å². The predicted octanol–water partition coefficient (Wildman–Crippen LogP) is 0.725. The SMILES string of the molecule is CC(C)NCCOc1nccnc1C#N. The second kappa shape index (κ2) is 5.94. The number of hydrogen-bond donors (Lipinski definition) is 1. The maximum absolute atomic E-state index is 8.72. The van der Waals surface area contributed by atoms with Crippen molar-refractivity contribution >= 4 is 0 Å². The Hall–Kier alpha value is -1.67. The van der Waals surface area contributed by atoms with Crippen LogP contribution in [0, 0.1) is 11.3 Å². The Morgan fingerprint density at radius 3 is 2.87 bits per heavy atom. The summed E-state index contributed by atoms with van der Waals surface area (Å²) >= 11 is 0. The first-order valence-corrected chi connectivity index (χ1v) is 4.81. The van der Waals surface area contributed by atoms with E-state index in [1.807, 2.05) is 6.07 Å². The third-order valence-electron chi connectivity index (χ3n) is 1.66. The summed E-state index contributed by atoms with van der Waals surface area (Å²) in [5.74, 6) is 0.297. The van der Waals surface area contributed by atoms with Gasteiger partial charge >= 0.3 is 0 Å². The highest BCUT2D eigenvalue weighted by Crippen LogP contribution is 2.08. The van der Waals surface area contributed by atoms with E-state index in [0.717, 1.165) is 6.54 Å². The van der Waals surface area contributed by atoms with Crippen LogP contribution in [0.3, 0.4) is 0 Å². The molecule has 1 rings (SSSR count). The van der Waals surface area contributed by atoms with Crippen LogP contribution >= 0.6 is 0 Å². The molecule has 0 fully saturated rings. The van der Waals surface area contributed by atoms with E-state index < -0.39 is 0 Å². The molecule has 1 aromatic heterocycles. The van der Waals surface area contributed by atoms with Gasteiger partial charge in [0, 0.05) is 25.0 Å². The fourth-order valence-electron chi connectivity index (χ4n) is 1.00. The molecule has 0 aliphatic heterocycles. The molecule has 1 N–H and O–H groups in total. The van der Waals surface area contributed by atoms with Gasteiger partial charge in [0.05, 0.1) is 0 Å². The van der Waals surface area contributed by atoms with Gasteiger partial charge in [-0.2, -0.15) is 5.26 Å². The molecule has 0 unspecified atom stereocenters. The van der Waals surface area contributed by atoms with E-state index in [9.17, 15) is 0 Å². The molecule has 0 aliphatic carbocycles. The monoisotopic (exact) mass is 206 g/mol. The van der Waals surface area contributed by atoms with Gasteiger partial charge in [0.25, 0.3) is 5.88 Å². The van der Waals surface area contributed by atoms with E-state index in [4.69, 9.17) is 10.00 Å². The molecule has 0 spiro atoms. The van der Waals surface area contributed by atoms with Crippen molar-refractivity contribution in [1.82, 2.24) is 15.3 Å². The largest absolute Gasteiger partial charge is 0.474 e. The van der Waals surface area contributed by atoms with Crippen LogP contribution < -0.4 is 10.1 Å². The summed E-state index contributed by atoms with van der Waals surface area (Å²) in [4.78, 5) is 7.77. The van der Waals surface area contributed by atoms with Crippen LogP contribution in [0.2, 0.25) is 0 Å². The van der Waals surface area contributed by atoms with Crippen molar-refractivity contribution in [2.45, 2.75) is 19.9 Å². The van der Waals surface area contributed by atoms with Crippen molar-refractivity contribution in [2.24, 2.45) is 0 Å². The summed E-state index contributed by atoms with van der Waals surface area (Å²) in [6.07, 6.45) is 2.98. The summed E-state index contributed by atoms with van der Waals surface area (Å²) in [5.41, 5.74) is 0.224. The van der Waals surface area contributed by atoms with E-state index in [0.29, 0.717) is 18.5 Å². The van der Waals surface area contributed by atoms with Crippen molar-refractivity contribution in [1.29, 1.82) is 5.26 Å². The van der Waals surface area contributed by atoms with Gasteiger partial charge in [-0.05, 0) is 0 Å². The van der Waals surface area contributed by atoms with E-state index >= 15 is 0 Å². The lowest BCUT2D eigenvalue weighted by Crippen LogP contribution is -2.27. The van der Waals surface area contributed by atoms with E-state index in [2.05, 4.69) is 29.1 Å². The highest BCUT2D eigenvalue weighted by atomic mass is 16.5. The Kier molecular flexibility index (Phi) is 4.51. The summed E-state index contributed by atoms with van der Waals surface area (Å²) in [6.45, 7) is 5.32. The topological polar surface area (TPSA) is 70.8 Å². The Morgan fingerprint density at radius 1 is 1.47 bits per heavy atom. The van der Waals surface area contributed by atoms with Crippen LogP contribution in [-0.4, -0.2) is 29.2 Å². The number of rotatable bonds is 5. The van der Waals surface area contributed by atoms with Crippen molar-refractivity contribution in [3.05, 3.63) is 18.1 Å². The molecule has 0 saturated carbocycles. The van der Waals surface area contributed by atoms with Crippen LogP contribution in [0.25, 0.3) is 0 Å². The van der Waals surface area contributed by atoms with Gasteiger partial charge < -0.3 is 10.1 Å². The number of aromatic nitrogens is 2. The molecular formula is C10H14N4O.